The molecular weight excluding hydrogens is 308 g/mol. The van der Waals surface area contributed by atoms with E-state index >= 15 is 0 Å². The highest BCUT2D eigenvalue weighted by atomic mass is 79.9. The molecule has 0 saturated heterocycles. The van der Waals surface area contributed by atoms with E-state index in [0.717, 1.165) is 10.2 Å². The topological polar surface area (TPSA) is 72.9 Å². The van der Waals surface area contributed by atoms with Crippen LogP contribution in [0.1, 0.15) is 21.7 Å². The van der Waals surface area contributed by atoms with Crippen molar-refractivity contribution in [3.8, 4) is 0 Å². The molecular formula is C13H15BrN4O. The zero-order chi connectivity index (χ0) is 14.2. The number of hydrogen-bond acceptors (Lipinski definition) is 3. The van der Waals surface area contributed by atoms with Gasteiger partial charge in [-0.1, -0.05) is 0 Å². The first kappa shape index (κ1) is 13.6. The summed E-state index contributed by atoms with van der Waals surface area (Å²) in [6, 6.07) is 5.28. The van der Waals surface area contributed by atoms with Crippen molar-refractivity contribution >= 4 is 33.2 Å². The van der Waals surface area contributed by atoms with Gasteiger partial charge in [-0.2, -0.15) is 5.10 Å². The number of rotatable bonds is 2. The van der Waals surface area contributed by atoms with Gasteiger partial charge in [0.1, 0.15) is 0 Å². The van der Waals surface area contributed by atoms with E-state index in [1.807, 2.05) is 20.9 Å². The molecule has 6 heteroatoms. The predicted molar refractivity (Wildman–Crippen MR) is 79.2 cm³/mol. The van der Waals surface area contributed by atoms with Crippen molar-refractivity contribution in [2.75, 3.05) is 11.1 Å². The summed E-state index contributed by atoms with van der Waals surface area (Å²) < 4.78 is 2.48. The average molecular weight is 323 g/mol. The minimum Gasteiger partial charge on any atom is -0.399 e. The zero-order valence-corrected chi connectivity index (χ0v) is 12.6. The molecule has 1 amide bonds. The highest BCUT2D eigenvalue weighted by molar-refractivity contribution is 9.10. The summed E-state index contributed by atoms with van der Waals surface area (Å²) in [5, 5.41) is 7.08. The second kappa shape index (κ2) is 5.05. The van der Waals surface area contributed by atoms with Gasteiger partial charge in [0.2, 0.25) is 0 Å². The number of nitrogens with zero attached hydrogens (tertiary/aromatic N) is 2. The first-order valence-corrected chi connectivity index (χ1v) is 6.56. The number of carbonyl (C=O) groups is 1. The fraction of sp³-hybridized carbons (Fsp3) is 0.231. The highest BCUT2D eigenvalue weighted by Crippen LogP contribution is 2.25. The largest absolute Gasteiger partial charge is 0.399 e. The van der Waals surface area contributed by atoms with Crippen LogP contribution in [0.2, 0.25) is 0 Å². The van der Waals surface area contributed by atoms with Crippen molar-refractivity contribution in [2.45, 2.75) is 13.8 Å². The van der Waals surface area contributed by atoms with E-state index < -0.39 is 0 Å². The Morgan fingerprint density at radius 2 is 2.11 bits per heavy atom. The van der Waals surface area contributed by atoms with Crippen LogP contribution in [-0.2, 0) is 7.05 Å². The lowest BCUT2D eigenvalue weighted by atomic mass is 10.1. The summed E-state index contributed by atoms with van der Waals surface area (Å²) in [5.41, 5.74) is 9.09. The minimum absolute atomic E-state index is 0.186. The molecule has 5 nitrogen and oxygen atoms in total. The van der Waals surface area contributed by atoms with E-state index in [0.29, 0.717) is 22.6 Å². The second-order valence-corrected chi connectivity index (χ2v) is 5.22. The molecule has 1 aromatic heterocycles. The number of benzene rings is 1. The van der Waals surface area contributed by atoms with Gasteiger partial charge in [-0.05, 0) is 48.0 Å². The van der Waals surface area contributed by atoms with Crippen LogP contribution >= 0.6 is 15.9 Å². The van der Waals surface area contributed by atoms with Crippen LogP contribution in [0.25, 0.3) is 0 Å². The molecule has 1 aromatic carbocycles. The molecule has 3 N–H and O–H groups in total. The van der Waals surface area contributed by atoms with E-state index in [4.69, 9.17) is 5.73 Å². The maximum Gasteiger partial charge on any atom is 0.259 e. The van der Waals surface area contributed by atoms with E-state index in [1.54, 1.807) is 22.9 Å². The van der Waals surface area contributed by atoms with Gasteiger partial charge in [-0.15, -0.1) is 0 Å². The first-order valence-electron chi connectivity index (χ1n) is 5.76. The quantitative estimate of drug-likeness (QED) is 0.835. The van der Waals surface area contributed by atoms with E-state index in [2.05, 4.69) is 26.3 Å². The minimum atomic E-state index is -0.186. The lowest BCUT2D eigenvalue weighted by Crippen LogP contribution is -2.14. The highest BCUT2D eigenvalue weighted by Gasteiger charge is 2.18. The molecule has 100 valence electrons. The SMILES string of the molecule is Cc1nn(C)c(C)c1C(=O)Nc1cc(N)ccc1Br. The molecule has 0 aliphatic rings. The van der Waals surface area contributed by atoms with Crippen LogP contribution in [0, 0.1) is 13.8 Å². The molecule has 0 aliphatic heterocycles. The van der Waals surface area contributed by atoms with Gasteiger partial charge in [0.25, 0.3) is 5.91 Å². The Balaban J connectivity index is 2.33. The molecule has 0 radical (unpaired) electrons. The van der Waals surface area contributed by atoms with Gasteiger partial charge in [0.15, 0.2) is 0 Å². The van der Waals surface area contributed by atoms with Gasteiger partial charge in [0.05, 0.1) is 16.9 Å². The number of aryl methyl sites for hydroxylation is 2. The number of nitrogens with two attached hydrogens (primary N) is 1. The van der Waals surface area contributed by atoms with Crippen LogP contribution in [0.3, 0.4) is 0 Å². The molecule has 2 rings (SSSR count). The Hall–Kier alpha value is -1.82. The van der Waals surface area contributed by atoms with Crippen molar-refractivity contribution in [1.82, 2.24) is 9.78 Å². The molecule has 1 heterocycles. The number of hydrogen-bond donors (Lipinski definition) is 2. The van der Waals surface area contributed by atoms with Crippen molar-refractivity contribution in [2.24, 2.45) is 7.05 Å². The van der Waals surface area contributed by atoms with Crippen LogP contribution in [0.15, 0.2) is 22.7 Å². The fourth-order valence-electron chi connectivity index (χ4n) is 1.93. The summed E-state index contributed by atoms with van der Waals surface area (Å²) in [7, 11) is 1.82. The molecule has 0 atom stereocenters. The maximum absolute atomic E-state index is 12.3. The average Bonchev–Trinajstić information content (AvgIpc) is 2.58. The third kappa shape index (κ3) is 2.63. The van der Waals surface area contributed by atoms with Crippen molar-refractivity contribution in [3.63, 3.8) is 0 Å². The van der Waals surface area contributed by atoms with Crippen LogP contribution in [0.5, 0.6) is 0 Å². The normalized spacial score (nSPS) is 10.5. The number of amides is 1. The van der Waals surface area contributed by atoms with E-state index in [1.165, 1.54) is 0 Å². The lowest BCUT2D eigenvalue weighted by Gasteiger charge is -2.08. The van der Waals surface area contributed by atoms with Crippen LogP contribution in [-0.4, -0.2) is 15.7 Å². The van der Waals surface area contributed by atoms with Gasteiger partial charge >= 0.3 is 0 Å². The Labute approximate surface area is 119 Å². The Bertz CT molecular complexity index is 648. The number of carbonyl (C=O) groups excluding carboxylic acids is 1. The maximum atomic E-state index is 12.3. The molecule has 0 aliphatic carbocycles. The van der Waals surface area contributed by atoms with E-state index in [-0.39, 0.29) is 5.91 Å². The van der Waals surface area contributed by atoms with Crippen molar-refractivity contribution in [3.05, 3.63) is 39.6 Å². The van der Waals surface area contributed by atoms with Gasteiger partial charge < -0.3 is 11.1 Å². The Kier molecular flexibility index (Phi) is 3.61. The third-order valence-electron chi connectivity index (χ3n) is 2.97. The smallest absolute Gasteiger partial charge is 0.259 e. The molecule has 0 unspecified atom stereocenters. The zero-order valence-electron chi connectivity index (χ0n) is 11.0. The number of aromatic nitrogens is 2. The monoisotopic (exact) mass is 322 g/mol. The summed E-state index contributed by atoms with van der Waals surface area (Å²) in [5.74, 6) is -0.186. The standard InChI is InChI=1S/C13H15BrN4O/c1-7-12(8(2)18(3)17-7)13(19)16-11-6-9(15)4-5-10(11)14/h4-6H,15H2,1-3H3,(H,16,19). The van der Waals surface area contributed by atoms with Crippen LogP contribution < -0.4 is 11.1 Å². The summed E-state index contributed by atoms with van der Waals surface area (Å²) in [6.45, 7) is 3.68. The molecule has 19 heavy (non-hydrogen) atoms. The predicted octanol–water partition coefficient (Wildman–Crippen LogP) is 2.63. The number of nitrogen functional groups attached to an aromatic ring is 1. The van der Waals surface area contributed by atoms with Gasteiger partial charge in [-0.25, -0.2) is 0 Å². The number of nitrogens with one attached hydrogen (secondary N) is 1. The molecule has 0 spiro atoms. The van der Waals surface area contributed by atoms with Crippen LogP contribution in [0.4, 0.5) is 11.4 Å². The Morgan fingerprint density at radius 1 is 1.42 bits per heavy atom. The Morgan fingerprint density at radius 3 is 2.68 bits per heavy atom. The summed E-state index contributed by atoms with van der Waals surface area (Å²) >= 11 is 3.38. The molecule has 0 saturated carbocycles. The summed E-state index contributed by atoms with van der Waals surface area (Å²) in [6.07, 6.45) is 0. The lowest BCUT2D eigenvalue weighted by molar-refractivity contribution is 0.102. The number of anilines is 2. The van der Waals surface area contributed by atoms with Gasteiger partial charge in [-0.3, -0.25) is 9.48 Å². The molecule has 2 aromatic rings. The first-order chi connectivity index (χ1) is 8.90. The van der Waals surface area contributed by atoms with Gasteiger partial charge in [0, 0.05) is 22.9 Å². The van der Waals surface area contributed by atoms with Crippen molar-refractivity contribution < 1.29 is 4.79 Å². The van der Waals surface area contributed by atoms with E-state index in [9.17, 15) is 4.79 Å². The fourth-order valence-corrected chi connectivity index (χ4v) is 2.27. The van der Waals surface area contributed by atoms with Crippen molar-refractivity contribution in [1.29, 1.82) is 0 Å². The molecule has 0 bridgehead atoms. The second-order valence-electron chi connectivity index (χ2n) is 4.36. The molecule has 0 fully saturated rings. The summed E-state index contributed by atoms with van der Waals surface area (Å²) in [4.78, 5) is 12.3. The third-order valence-corrected chi connectivity index (χ3v) is 3.67. The number of halogens is 1.